The minimum absolute atomic E-state index is 0.0829. The lowest BCUT2D eigenvalue weighted by Crippen LogP contribution is -2.23. The van der Waals surface area contributed by atoms with Gasteiger partial charge in [0, 0.05) is 16.8 Å². The normalized spacial score (nSPS) is 10.6. The maximum atomic E-state index is 12.8. The second kappa shape index (κ2) is 10.3. The molecule has 4 aromatic rings. The van der Waals surface area contributed by atoms with E-state index >= 15 is 0 Å². The predicted octanol–water partition coefficient (Wildman–Crippen LogP) is 4.56. The molecule has 0 unspecified atom stereocenters. The Morgan fingerprint density at radius 3 is 2.40 bits per heavy atom. The fourth-order valence-electron chi connectivity index (χ4n) is 3.47. The van der Waals surface area contributed by atoms with Crippen LogP contribution in [0.5, 0.6) is 0 Å². The minimum atomic E-state index is -0.859. The number of rotatable bonds is 7. The first-order valence-electron chi connectivity index (χ1n) is 10.7. The second-order valence-corrected chi connectivity index (χ2v) is 8.11. The second-order valence-electron chi connectivity index (χ2n) is 7.70. The van der Waals surface area contributed by atoms with E-state index in [1.165, 1.54) is 6.07 Å². The number of aryl methyl sites for hydroxylation is 2. The topological polar surface area (TPSA) is 103 Å². The van der Waals surface area contributed by atoms with Gasteiger partial charge in [0.15, 0.2) is 23.9 Å². The van der Waals surface area contributed by atoms with Gasteiger partial charge < -0.3 is 10.1 Å². The Morgan fingerprint density at radius 2 is 1.69 bits per heavy atom. The number of nitrogens with zero attached hydrogens (tertiary/aromatic N) is 3. The first-order valence-corrected chi connectivity index (χ1v) is 11.1. The molecular weight excluding hydrogens is 468 g/mol. The number of amides is 1. The number of carbonyl (C=O) groups is 3. The maximum absolute atomic E-state index is 12.8. The molecule has 0 saturated carbocycles. The molecule has 1 amide bonds. The van der Waals surface area contributed by atoms with Crippen molar-refractivity contribution in [2.24, 2.45) is 0 Å². The molecule has 0 atom stereocenters. The number of hydrogen-bond donors (Lipinski definition) is 1. The van der Waals surface area contributed by atoms with Crippen LogP contribution in [0.1, 0.15) is 37.8 Å². The van der Waals surface area contributed by atoms with Crippen LogP contribution in [0.3, 0.4) is 0 Å². The molecule has 176 valence electrons. The van der Waals surface area contributed by atoms with Crippen molar-refractivity contribution in [1.82, 2.24) is 14.8 Å². The number of para-hydroxylation sites is 1. The van der Waals surface area contributed by atoms with Crippen LogP contribution in [-0.4, -0.2) is 39.0 Å². The summed E-state index contributed by atoms with van der Waals surface area (Å²) in [4.78, 5) is 42.2. The molecular formula is C26H21ClN4O4. The quantitative estimate of drug-likeness (QED) is 0.302. The number of anilines is 1. The van der Waals surface area contributed by atoms with Crippen LogP contribution >= 0.6 is 11.6 Å². The van der Waals surface area contributed by atoms with Gasteiger partial charge in [-0.05, 0) is 44.2 Å². The number of benzene rings is 2. The number of ether oxygens (including phenoxy) is 1. The number of aromatic nitrogens is 3. The van der Waals surface area contributed by atoms with Gasteiger partial charge in [-0.15, -0.1) is 0 Å². The van der Waals surface area contributed by atoms with Crippen LogP contribution in [0.4, 0.5) is 5.69 Å². The van der Waals surface area contributed by atoms with E-state index in [-0.39, 0.29) is 16.5 Å². The summed E-state index contributed by atoms with van der Waals surface area (Å²) in [6.45, 7) is 3.12. The monoisotopic (exact) mass is 488 g/mol. The molecule has 2 aromatic heterocycles. The van der Waals surface area contributed by atoms with Gasteiger partial charge in [-0.3, -0.25) is 9.59 Å². The van der Waals surface area contributed by atoms with Crippen LogP contribution in [-0.2, 0) is 9.53 Å². The van der Waals surface area contributed by atoms with Gasteiger partial charge in [0.25, 0.3) is 5.91 Å². The van der Waals surface area contributed by atoms with Crippen LogP contribution < -0.4 is 5.32 Å². The number of esters is 1. The Balaban J connectivity index is 1.45. The molecule has 0 aliphatic carbocycles. The summed E-state index contributed by atoms with van der Waals surface area (Å²) in [7, 11) is 0. The average Bonchev–Trinajstić information content (AvgIpc) is 3.21. The van der Waals surface area contributed by atoms with Crippen molar-refractivity contribution in [3.63, 3.8) is 0 Å². The third kappa shape index (κ3) is 5.44. The van der Waals surface area contributed by atoms with Gasteiger partial charge in [0.05, 0.1) is 16.4 Å². The number of hydrogen-bond acceptors (Lipinski definition) is 6. The molecule has 0 saturated heterocycles. The standard InChI is InChI=1S/C26H21ClN4O4/c1-16-14-17(2)31(30-16)22-13-12-20(27)24(29-22)26(34)35-15-23(32)28-21-11-7-6-10-19(21)25(33)18-8-4-3-5-9-18/h3-14H,15H2,1-2H3,(H,28,32). The van der Waals surface area contributed by atoms with Crippen molar-refractivity contribution < 1.29 is 19.1 Å². The lowest BCUT2D eigenvalue weighted by atomic mass is 10.0. The van der Waals surface area contributed by atoms with Crippen molar-refractivity contribution in [3.05, 3.63) is 106 Å². The zero-order valence-electron chi connectivity index (χ0n) is 19.0. The van der Waals surface area contributed by atoms with Crippen LogP contribution in [0.2, 0.25) is 5.02 Å². The molecule has 2 heterocycles. The van der Waals surface area contributed by atoms with Crippen molar-refractivity contribution in [1.29, 1.82) is 0 Å². The van der Waals surface area contributed by atoms with Crippen molar-refractivity contribution in [3.8, 4) is 5.82 Å². The highest BCUT2D eigenvalue weighted by atomic mass is 35.5. The zero-order valence-corrected chi connectivity index (χ0v) is 19.7. The smallest absolute Gasteiger partial charge is 0.359 e. The van der Waals surface area contributed by atoms with Gasteiger partial charge in [-0.25, -0.2) is 14.5 Å². The maximum Gasteiger partial charge on any atom is 0.359 e. The van der Waals surface area contributed by atoms with Gasteiger partial charge in [-0.2, -0.15) is 5.10 Å². The van der Waals surface area contributed by atoms with E-state index in [2.05, 4.69) is 15.4 Å². The van der Waals surface area contributed by atoms with Crippen molar-refractivity contribution >= 4 is 34.9 Å². The Hall–Kier alpha value is -4.30. The molecule has 35 heavy (non-hydrogen) atoms. The molecule has 0 spiro atoms. The Labute approximate surface area is 206 Å². The van der Waals surface area contributed by atoms with E-state index < -0.39 is 18.5 Å². The van der Waals surface area contributed by atoms with E-state index in [0.717, 1.165) is 11.4 Å². The lowest BCUT2D eigenvalue weighted by Gasteiger charge is -2.11. The minimum Gasteiger partial charge on any atom is -0.451 e. The number of pyridine rings is 1. The first-order chi connectivity index (χ1) is 16.8. The van der Waals surface area contributed by atoms with E-state index in [0.29, 0.717) is 22.6 Å². The molecule has 8 nitrogen and oxygen atoms in total. The Bertz CT molecular complexity index is 1420. The highest BCUT2D eigenvalue weighted by Gasteiger charge is 2.19. The summed E-state index contributed by atoms with van der Waals surface area (Å²) in [6.07, 6.45) is 0. The largest absolute Gasteiger partial charge is 0.451 e. The van der Waals surface area contributed by atoms with E-state index in [1.807, 2.05) is 26.0 Å². The summed E-state index contributed by atoms with van der Waals surface area (Å²) in [5.41, 5.74) is 2.62. The summed E-state index contributed by atoms with van der Waals surface area (Å²) in [5, 5.41) is 7.05. The molecule has 1 N–H and O–H groups in total. The fourth-order valence-corrected chi connectivity index (χ4v) is 3.66. The van der Waals surface area contributed by atoms with E-state index in [4.69, 9.17) is 16.3 Å². The number of nitrogens with one attached hydrogen (secondary N) is 1. The highest BCUT2D eigenvalue weighted by Crippen LogP contribution is 2.20. The molecule has 2 aromatic carbocycles. The summed E-state index contributed by atoms with van der Waals surface area (Å²) in [5.74, 6) is -1.32. The number of carbonyl (C=O) groups excluding carboxylic acids is 3. The molecule has 0 bridgehead atoms. The molecule has 0 radical (unpaired) electrons. The number of halogens is 1. The van der Waals surface area contributed by atoms with Gasteiger partial charge in [-0.1, -0.05) is 54.1 Å². The third-order valence-electron chi connectivity index (χ3n) is 5.07. The molecule has 4 rings (SSSR count). The lowest BCUT2D eigenvalue weighted by molar-refractivity contribution is -0.119. The summed E-state index contributed by atoms with van der Waals surface area (Å²) < 4.78 is 6.72. The average molecular weight is 489 g/mol. The highest BCUT2D eigenvalue weighted by molar-refractivity contribution is 6.33. The Morgan fingerprint density at radius 1 is 0.971 bits per heavy atom. The van der Waals surface area contributed by atoms with E-state index in [9.17, 15) is 14.4 Å². The van der Waals surface area contributed by atoms with Crippen molar-refractivity contribution in [2.75, 3.05) is 11.9 Å². The third-order valence-corrected chi connectivity index (χ3v) is 5.37. The molecule has 0 aliphatic heterocycles. The summed E-state index contributed by atoms with van der Waals surface area (Å²) >= 11 is 6.15. The molecule has 0 fully saturated rings. The van der Waals surface area contributed by atoms with Gasteiger partial charge in [0.1, 0.15) is 0 Å². The van der Waals surface area contributed by atoms with Crippen molar-refractivity contribution in [2.45, 2.75) is 13.8 Å². The summed E-state index contributed by atoms with van der Waals surface area (Å²) in [6, 6.07) is 20.4. The Kier molecular flexibility index (Phi) is 7.03. The fraction of sp³-hybridized carbons (Fsp3) is 0.115. The SMILES string of the molecule is Cc1cc(C)n(-c2ccc(Cl)c(C(=O)OCC(=O)Nc3ccccc3C(=O)c3ccccc3)n2)n1. The van der Waals surface area contributed by atoms with Gasteiger partial charge in [0.2, 0.25) is 0 Å². The van der Waals surface area contributed by atoms with Crippen LogP contribution in [0.15, 0.2) is 72.8 Å². The molecule has 9 heteroatoms. The predicted molar refractivity (Wildman–Crippen MR) is 131 cm³/mol. The first kappa shape index (κ1) is 23.8. The zero-order chi connectivity index (χ0) is 24.9. The van der Waals surface area contributed by atoms with E-state index in [1.54, 1.807) is 59.3 Å². The van der Waals surface area contributed by atoms with Gasteiger partial charge >= 0.3 is 5.97 Å². The van der Waals surface area contributed by atoms with Crippen LogP contribution in [0.25, 0.3) is 5.82 Å². The number of ketones is 1. The van der Waals surface area contributed by atoms with Crippen LogP contribution in [0, 0.1) is 13.8 Å². The molecule has 0 aliphatic rings.